The first kappa shape index (κ1) is 13.8. The molecular weight excluding hydrogens is 244 g/mol. The highest BCUT2D eigenvalue weighted by Gasteiger charge is 2.17. The number of nitrogens with one attached hydrogen (secondary N) is 1. The normalized spacial score (nSPS) is 18.3. The van der Waals surface area contributed by atoms with Gasteiger partial charge in [-0.25, -0.2) is 4.98 Å². The van der Waals surface area contributed by atoms with Crippen molar-refractivity contribution in [1.29, 1.82) is 0 Å². The molecule has 1 N–H and O–H groups in total. The van der Waals surface area contributed by atoms with Crippen LogP contribution < -0.4 is 10.1 Å². The van der Waals surface area contributed by atoms with Crippen molar-refractivity contribution in [2.24, 2.45) is 0 Å². The molecule has 1 aromatic heterocycles. The number of ether oxygens (including phenoxy) is 2. The molecule has 1 atom stereocenters. The maximum Gasteiger partial charge on any atom is 0.252 e. The van der Waals surface area contributed by atoms with Gasteiger partial charge in [-0.1, -0.05) is 13.3 Å². The predicted molar refractivity (Wildman–Crippen MR) is 71.3 cm³/mol. The molecule has 19 heavy (non-hydrogen) atoms. The zero-order valence-electron chi connectivity index (χ0n) is 11.2. The van der Waals surface area contributed by atoms with E-state index >= 15 is 0 Å². The third-order valence-corrected chi connectivity index (χ3v) is 2.99. The molecule has 1 unspecified atom stereocenters. The van der Waals surface area contributed by atoms with Gasteiger partial charge in [-0.05, 0) is 12.5 Å². The van der Waals surface area contributed by atoms with Gasteiger partial charge < -0.3 is 14.8 Å². The Balaban J connectivity index is 1.84. The van der Waals surface area contributed by atoms with E-state index in [-0.39, 0.29) is 12.0 Å². The zero-order valence-corrected chi connectivity index (χ0v) is 11.2. The monoisotopic (exact) mass is 264 g/mol. The topological polar surface area (TPSA) is 60.5 Å². The SMILES string of the molecule is CCCCNC(=O)c1ccc(OC2CCOC2)nc1. The molecule has 1 aliphatic heterocycles. The maximum atomic E-state index is 11.8. The number of pyridine rings is 1. The Morgan fingerprint density at radius 3 is 3.11 bits per heavy atom. The van der Waals surface area contributed by atoms with Crippen molar-refractivity contribution in [3.63, 3.8) is 0 Å². The number of hydrogen-bond acceptors (Lipinski definition) is 4. The molecule has 2 heterocycles. The summed E-state index contributed by atoms with van der Waals surface area (Å²) in [5.74, 6) is 0.456. The molecule has 0 bridgehead atoms. The second-order valence-electron chi connectivity index (χ2n) is 4.60. The lowest BCUT2D eigenvalue weighted by atomic mass is 10.2. The van der Waals surface area contributed by atoms with Crippen molar-refractivity contribution in [3.05, 3.63) is 23.9 Å². The third kappa shape index (κ3) is 4.21. The van der Waals surface area contributed by atoms with Gasteiger partial charge in [0.25, 0.3) is 5.91 Å². The minimum atomic E-state index is -0.0864. The minimum Gasteiger partial charge on any atom is -0.472 e. The van der Waals surface area contributed by atoms with E-state index in [9.17, 15) is 4.79 Å². The largest absolute Gasteiger partial charge is 0.472 e. The molecule has 1 aliphatic rings. The van der Waals surface area contributed by atoms with Crippen LogP contribution in [0.25, 0.3) is 0 Å². The fraction of sp³-hybridized carbons (Fsp3) is 0.571. The standard InChI is InChI=1S/C14H20N2O3/c1-2-3-7-15-14(17)11-4-5-13(16-9-11)19-12-6-8-18-10-12/h4-5,9,12H,2-3,6-8,10H2,1H3,(H,15,17). The first-order valence-corrected chi connectivity index (χ1v) is 6.78. The number of carbonyl (C=O) groups is 1. The lowest BCUT2D eigenvalue weighted by Crippen LogP contribution is -2.24. The second kappa shape index (κ2) is 7.09. The number of unbranched alkanes of at least 4 members (excludes halogenated alkanes) is 1. The quantitative estimate of drug-likeness (QED) is 0.796. The lowest BCUT2D eigenvalue weighted by Gasteiger charge is -2.10. The summed E-state index contributed by atoms with van der Waals surface area (Å²) in [5.41, 5.74) is 0.561. The first-order valence-electron chi connectivity index (χ1n) is 6.78. The van der Waals surface area contributed by atoms with Gasteiger partial charge in [0.05, 0.1) is 18.8 Å². The van der Waals surface area contributed by atoms with Crippen molar-refractivity contribution in [2.75, 3.05) is 19.8 Å². The Labute approximate surface area is 113 Å². The van der Waals surface area contributed by atoms with Gasteiger partial charge in [-0.3, -0.25) is 4.79 Å². The summed E-state index contributed by atoms with van der Waals surface area (Å²) < 4.78 is 10.9. The fourth-order valence-corrected chi connectivity index (χ4v) is 1.84. The molecule has 0 saturated carbocycles. The van der Waals surface area contributed by atoms with E-state index in [1.54, 1.807) is 18.3 Å². The van der Waals surface area contributed by atoms with Crippen molar-refractivity contribution < 1.29 is 14.3 Å². The molecule has 0 aliphatic carbocycles. The average Bonchev–Trinajstić information content (AvgIpc) is 2.93. The Hall–Kier alpha value is -1.62. The second-order valence-corrected chi connectivity index (χ2v) is 4.60. The van der Waals surface area contributed by atoms with E-state index < -0.39 is 0 Å². The van der Waals surface area contributed by atoms with E-state index in [4.69, 9.17) is 9.47 Å². The summed E-state index contributed by atoms with van der Waals surface area (Å²) in [6.07, 6.45) is 4.57. The Bertz CT molecular complexity index is 400. The highest BCUT2D eigenvalue weighted by Crippen LogP contribution is 2.14. The third-order valence-electron chi connectivity index (χ3n) is 2.99. The van der Waals surface area contributed by atoms with Gasteiger partial charge in [-0.2, -0.15) is 0 Å². The van der Waals surface area contributed by atoms with Crippen LogP contribution in [0.1, 0.15) is 36.5 Å². The molecule has 0 radical (unpaired) electrons. The number of hydrogen-bond donors (Lipinski definition) is 1. The van der Waals surface area contributed by atoms with Crippen LogP contribution in [0.4, 0.5) is 0 Å². The van der Waals surface area contributed by atoms with Gasteiger partial charge >= 0.3 is 0 Å². The van der Waals surface area contributed by atoms with Gasteiger partial charge in [0, 0.05) is 25.2 Å². The van der Waals surface area contributed by atoms with Crippen molar-refractivity contribution in [1.82, 2.24) is 10.3 Å². The Kier molecular flexibility index (Phi) is 5.15. The smallest absolute Gasteiger partial charge is 0.252 e. The van der Waals surface area contributed by atoms with Crippen molar-refractivity contribution >= 4 is 5.91 Å². The van der Waals surface area contributed by atoms with E-state index in [0.717, 1.165) is 25.9 Å². The van der Waals surface area contributed by atoms with Crippen LogP contribution in [-0.4, -0.2) is 36.8 Å². The van der Waals surface area contributed by atoms with Crippen LogP contribution >= 0.6 is 0 Å². The Morgan fingerprint density at radius 1 is 1.58 bits per heavy atom. The summed E-state index contributed by atoms with van der Waals surface area (Å²) in [6.45, 7) is 4.14. The molecule has 1 aromatic rings. The molecule has 1 saturated heterocycles. The first-order chi connectivity index (χ1) is 9.29. The van der Waals surface area contributed by atoms with E-state index in [0.29, 0.717) is 24.6 Å². The van der Waals surface area contributed by atoms with Gasteiger partial charge in [0.15, 0.2) is 0 Å². The lowest BCUT2D eigenvalue weighted by molar-refractivity contribution is 0.0952. The fourth-order valence-electron chi connectivity index (χ4n) is 1.84. The van der Waals surface area contributed by atoms with Crippen LogP contribution in [0.5, 0.6) is 5.88 Å². The van der Waals surface area contributed by atoms with Crippen LogP contribution in [0.3, 0.4) is 0 Å². The number of nitrogens with zero attached hydrogens (tertiary/aromatic N) is 1. The average molecular weight is 264 g/mol. The van der Waals surface area contributed by atoms with Crippen molar-refractivity contribution in [2.45, 2.75) is 32.3 Å². The summed E-state index contributed by atoms with van der Waals surface area (Å²) in [5, 5.41) is 2.85. The number of carbonyl (C=O) groups excluding carboxylic acids is 1. The maximum absolute atomic E-state index is 11.8. The predicted octanol–water partition coefficient (Wildman–Crippen LogP) is 1.78. The van der Waals surface area contributed by atoms with E-state index in [1.807, 2.05) is 0 Å². The zero-order chi connectivity index (χ0) is 13.5. The van der Waals surface area contributed by atoms with Gasteiger partial charge in [0.2, 0.25) is 5.88 Å². The summed E-state index contributed by atoms with van der Waals surface area (Å²) in [7, 11) is 0. The van der Waals surface area contributed by atoms with Crippen LogP contribution in [0.2, 0.25) is 0 Å². The molecule has 1 amide bonds. The molecule has 2 rings (SSSR count). The number of amides is 1. The molecule has 0 spiro atoms. The van der Waals surface area contributed by atoms with Gasteiger partial charge in [0.1, 0.15) is 6.10 Å². The van der Waals surface area contributed by atoms with Crippen LogP contribution in [-0.2, 0) is 4.74 Å². The molecule has 0 aromatic carbocycles. The van der Waals surface area contributed by atoms with E-state index in [1.165, 1.54) is 0 Å². The minimum absolute atomic E-state index is 0.0803. The van der Waals surface area contributed by atoms with Crippen LogP contribution in [0, 0.1) is 0 Å². The molecule has 5 heteroatoms. The summed E-state index contributed by atoms with van der Waals surface area (Å²) in [4.78, 5) is 15.9. The summed E-state index contributed by atoms with van der Waals surface area (Å²) >= 11 is 0. The van der Waals surface area contributed by atoms with Crippen LogP contribution in [0.15, 0.2) is 18.3 Å². The number of rotatable bonds is 6. The van der Waals surface area contributed by atoms with Crippen molar-refractivity contribution in [3.8, 4) is 5.88 Å². The Morgan fingerprint density at radius 2 is 2.47 bits per heavy atom. The molecule has 104 valence electrons. The molecule has 1 fully saturated rings. The van der Waals surface area contributed by atoms with E-state index in [2.05, 4.69) is 17.2 Å². The highest BCUT2D eigenvalue weighted by molar-refractivity contribution is 5.93. The number of aromatic nitrogens is 1. The highest BCUT2D eigenvalue weighted by atomic mass is 16.5. The summed E-state index contributed by atoms with van der Waals surface area (Å²) in [6, 6.07) is 3.46. The van der Waals surface area contributed by atoms with Gasteiger partial charge in [-0.15, -0.1) is 0 Å². The molecular formula is C14H20N2O3. The molecule has 5 nitrogen and oxygen atoms in total.